The van der Waals surface area contributed by atoms with Crippen LogP contribution < -0.4 is 4.74 Å². The van der Waals surface area contributed by atoms with Gasteiger partial charge in [0.1, 0.15) is 5.75 Å². The van der Waals surface area contributed by atoms with E-state index in [9.17, 15) is 9.90 Å². The van der Waals surface area contributed by atoms with E-state index in [1.54, 1.807) is 17.0 Å². The lowest BCUT2D eigenvalue weighted by Crippen LogP contribution is -2.30. The molecule has 24 heavy (non-hydrogen) atoms. The minimum absolute atomic E-state index is 0.00379. The second-order valence-electron chi connectivity index (χ2n) is 6.21. The fourth-order valence-electron chi connectivity index (χ4n) is 3.16. The maximum atomic E-state index is 12.8. The van der Waals surface area contributed by atoms with Gasteiger partial charge in [0.15, 0.2) is 0 Å². The Hall–Kier alpha value is -2.34. The number of aliphatic hydroxyl groups excluding tert-OH is 1. The summed E-state index contributed by atoms with van der Waals surface area (Å²) in [5, 5.41) is 17.5. The van der Waals surface area contributed by atoms with Gasteiger partial charge in [0.25, 0.3) is 5.91 Å². The number of aromatic nitrogens is 2. The molecule has 0 saturated carbocycles. The van der Waals surface area contributed by atoms with Crippen LogP contribution in [0.4, 0.5) is 0 Å². The lowest BCUT2D eigenvalue weighted by atomic mass is 10.0. The van der Waals surface area contributed by atoms with E-state index in [1.807, 2.05) is 32.0 Å². The van der Waals surface area contributed by atoms with Gasteiger partial charge >= 0.3 is 0 Å². The first-order valence-corrected chi connectivity index (χ1v) is 8.28. The van der Waals surface area contributed by atoms with E-state index in [1.165, 1.54) is 0 Å². The van der Waals surface area contributed by atoms with Gasteiger partial charge in [-0.25, -0.2) is 0 Å². The van der Waals surface area contributed by atoms with Gasteiger partial charge in [0, 0.05) is 24.7 Å². The summed E-state index contributed by atoms with van der Waals surface area (Å²) in [7, 11) is 0. The third kappa shape index (κ3) is 3.43. The molecular weight excluding hydrogens is 306 g/mol. The van der Waals surface area contributed by atoms with Crippen LogP contribution in [-0.4, -0.2) is 51.9 Å². The second-order valence-corrected chi connectivity index (χ2v) is 6.21. The van der Waals surface area contributed by atoms with Gasteiger partial charge in [-0.05, 0) is 38.5 Å². The Labute approximate surface area is 141 Å². The lowest BCUT2D eigenvalue weighted by Gasteiger charge is -2.18. The molecule has 6 nitrogen and oxygen atoms in total. The van der Waals surface area contributed by atoms with Crippen molar-refractivity contribution in [1.82, 2.24) is 15.1 Å². The van der Waals surface area contributed by atoms with E-state index in [0.717, 1.165) is 11.4 Å². The molecule has 2 aromatic rings. The van der Waals surface area contributed by atoms with Crippen LogP contribution in [-0.2, 0) is 6.42 Å². The van der Waals surface area contributed by atoms with Gasteiger partial charge in [-0.1, -0.05) is 12.1 Å². The van der Waals surface area contributed by atoms with E-state index >= 15 is 0 Å². The third-order valence-corrected chi connectivity index (χ3v) is 4.34. The molecule has 1 aromatic heterocycles. The van der Waals surface area contributed by atoms with Gasteiger partial charge in [0.2, 0.25) is 0 Å². The minimum atomic E-state index is -0.537. The van der Waals surface area contributed by atoms with Crippen LogP contribution in [0.5, 0.6) is 5.75 Å². The summed E-state index contributed by atoms with van der Waals surface area (Å²) in [5.74, 6) is 0.487. The number of aliphatic hydroxyl groups is 1. The number of carbonyl (C=O) groups excluding carboxylic acids is 1. The minimum Gasteiger partial charge on any atom is -0.493 e. The highest BCUT2D eigenvalue weighted by atomic mass is 16.5. The zero-order chi connectivity index (χ0) is 17.1. The summed E-state index contributed by atoms with van der Waals surface area (Å²) >= 11 is 0. The van der Waals surface area contributed by atoms with Crippen molar-refractivity contribution < 1.29 is 14.6 Å². The molecule has 0 spiro atoms. The zero-order valence-corrected chi connectivity index (χ0v) is 14.0. The maximum absolute atomic E-state index is 12.8. The van der Waals surface area contributed by atoms with Crippen molar-refractivity contribution in [3.63, 3.8) is 0 Å². The van der Waals surface area contributed by atoms with E-state index in [2.05, 4.69) is 10.2 Å². The summed E-state index contributed by atoms with van der Waals surface area (Å²) in [6.07, 6.45) is 0.118. The summed E-state index contributed by atoms with van der Waals surface area (Å²) < 4.78 is 5.55. The van der Waals surface area contributed by atoms with Crippen LogP contribution in [0.3, 0.4) is 0 Å². The van der Waals surface area contributed by atoms with Crippen LogP contribution in [0.1, 0.15) is 28.7 Å². The van der Waals surface area contributed by atoms with Gasteiger partial charge in [0.05, 0.1) is 24.0 Å². The molecule has 6 heteroatoms. The van der Waals surface area contributed by atoms with Gasteiger partial charge in [-0.2, -0.15) is 5.10 Å². The van der Waals surface area contributed by atoms with Crippen molar-refractivity contribution in [3.8, 4) is 5.75 Å². The summed E-state index contributed by atoms with van der Waals surface area (Å²) in [6.45, 7) is 5.21. The molecule has 1 fully saturated rings. The van der Waals surface area contributed by atoms with Gasteiger partial charge in [-0.15, -0.1) is 0 Å². The van der Waals surface area contributed by atoms with E-state index in [0.29, 0.717) is 37.4 Å². The van der Waals surface area contributed by atoms with Crippen LogP contribution in [0.15, 0.2) is 30.3 Å². The van der Waals surface area contributed by atoms with E-state index in [4.69, 9.17) is 4.74 Å². The van der Waals surface area contributed by atoms with Crippen LogP contribution in [0.25, 0.3) is 0 Å². The number of benzene rings is 1. The number of rotatable bonds is 5. The normalized spacial score (nSPS) is 20.4. The van der Waals surface area contributed by atoms with Crippen molar-refractivity contribution in [2.45, 2.75) is 26.4 Å². The number of β-amino-alcohol motifs (C(OH)–C–C–N with tert-alkyl or cyclic N) is 1. The number of H-pyrrole nitrogens is 1. The largest absolute Gasteiger partial charge is 0.493 e. The molecule has 0 bridgehead atoms. The smallest absolute Gasteiger partial charge is 0.257 e. The number of hydrogen-bond donors (Lipinski definition) is 2. The number of amides is 1. The Kier molecular flexibility index (Phi) is 4.85. The predicted octanol–water partition coefficient (Wildman–Crippen LogP) is 1.79. The summed E-state index contributed by atoms with van der Waals surface area (Å²) in [6, 6.07) is 9.22. The van der Waals surface area contributed by atoms with Crippen molar-refractivity contribution in [3.05, 3.63) is 47.3 Å². The first-order valence-electron chi connectivity index (χ1n) is 8.28. The van der Waals surface area contributed by atoms with Crippen molar-refractivity contribution >= 4 is 5.91 Å². The number of ether oxygens (including phenoxy) is 1. The predicted molar refractivity (Wildman–Crippen MR) is 90.0 cm³/mol. The number of aromatic amines is 1. The highest BCUT2D eigenvalue weighted by Gasteiger charge is 2.35. The molecule has 0 aliphatic carbocycles. The Morgan fingerprint density at radius 3 is 2.92 bits per heavy atom. The van der Waals surface area contributed by atoms with Gasteiger partial charge < -0.3 is 14.7 Å². The molecule has 1 saturated heterocycles. The molecule has 128 valence electrons. The molecule has 3 rings (SSSR count). The van der Waals surface area contributed by atoms with Crippen molar-refractivity contribution in [2.24, 2.45) is 5.92 Å². The lowest BCUT2D eigenvalue weighted by molar-refractivity contribution is 0.0760. The number of likely N-dealkylation sites (tertiary alicyclic amines) is 1. The summed E-state index contributed by atoms with van der Waals surface area (Å²) in [5.41, 5.74) is 2.46. The maximum Gasteiger partial charge on any atom is 0.257 e. The number of aryl methyl sites for hydroxylation is 1. The van der Waals surface area contributed by atoms with Gasteiger partial charge in [-0.3, -0.25) is 9.89 Å². The molecule has 1 aromatic carbocycles. The molecule has 2 unspecified atom stereocenters. The standard InChI is InChI=1S/C18H23N3O3/c1-3-24-17-7-5-4-6-15(17)18(23)21-10-13(16(22)11-21)9-14-8-12(2)19-20-14/h4-8,13,16,22H,3,9-11H2,1-2H3,(H,19,20). The molecule has 1 aliphatic rings. The number of carbonyl (C=O) groups is 1. The number of nitrogens with zero attached hydrogens (tertiary/aromatic N) is 2. The fourth-order valence-corrected chi connectivity index (χ4v) is 3.16. The summed E-state index contributed by atoms with van der Waals surface area (Å²) in [4.78, 5) is 14.5. The molecule has 1 amide bonds. The number of para-hydroxylation sites is 1. The third-order valence-electron chi connectivity index (χ3n) is 4.34. The topological polar surface area (TPSA) is 78.5 Å². The van der Waals surface area contributed by atoms with E-state index < -0.39 is 6.10 Å². The zero-order valence-electron chi connectivity index (χ0n) is 14.0. The molecule has 2 N–H and O–H groups in total. The average Bonchev–Trinajstić information content (AvgIpc) is 3.14. The molecule has 2 heterocycles. The first-order chi connectivity index (χ1) is 11.6. The molecule has 2 atom stereocenters. The highest BCUT2D eigenvalue weighted by molar-refractivity contribution is 5.97. The molecular formula is C18H23N3O3. The monoisotopic (exact) mass is 329 g/mol. The average molecular weight is 329 g/mol. The van der Waals surface area contributed by atoms with Crippen LogP contribution in [0.2, 0.25) is 0 Å². The Balaban J connectivity index is 1.71. The van der Waals surface area contributed by atoms with Crippen LogP contribution >= 0.6 is 0 Å². The van der Waals surface area contributed by atoms with Crippen molar-refractivity contribution in [1.29, 1.82) is 0 Å². The molecule has 1 aliphatic heterocycles. The Morgan fingerprint density at radius 2 is 2.21 bits per heavy atom. The quantitative estimate of drug-likeness (QED) is 0.877. The van der Waals surface area contributed by atoms with E-state index in [-0.39, 0.29) is 11.8 Å². The van der Waals surface area contributed by atoms with Crippen LogP contribution in [0, 0.1) is 12.8 Å². The SMILES string of the molecule is CCOc1ccccc1C(=O)N1CC(O)C(Cc2cc(C)[nH]n2)C1. The number of hydrogen-bond acceptors (Lipinski definition) is 4. The second kappa shape index (κ2) is 7.05. The number of nitrogens with one attached hydrogen (secondary N) is 1. The Morgan fingerprint density at radius 1 is 1.42 bits per heavy atom. The first kappa shape index (κ1) is 16.5. The highest BCUT2D eigenvalue weighted by Crippen LogP contribution is 2.26. The Bertz CT molecular complexity index is 713. The molecule has 0 radical (unpaired) electrons. The fraction of sp³-hybridized carbons (Fsp3) is 0.444. The van der Waals surface area contributed by atoms with Crippen molar-refractivity contribution in [2.75, 3.05) is 19.7 Å².